The van der Waals surface area contributed by atoms with E-state index in [2.05, 4.69) is 24.5 Å². The number of phenolic OH excluding ortho intramolecular Hbond substituents is 1. The van der Waals surface area contributed by atoms with Crippen LogP contribution >= 0.6 is 0 Å². The number of carbonyl (C=O) groups excluding carboxylic acids is 1. The molecule has 0 aliphatic heterocycles. The summed E-state index contributed by atoms with van der Waals surface area (Å²) >= 11 is 0. The predicted octanol–water partition coefficient (Wildman–Crippen LogP) is 0.576. The van der Waals surface area contributed by atoms with Crippen LogP contribution in [0.1, 0.15) is 38.7 Å². The molecule has 1 aromatic rings. The van der Waals surface area contributed by atoms with Gasteiger partial charge in [-0.05, 0) is 63.0 Å². The Morgan fingerprint density at radius 1 is 1.11 bits per heavy atom. The first-order valence-corrected chi connectivity index (χ1v) is 9.33. The predicted molar refractivity (Wildman–Crippen MR) is 106 cm³/mol. The number of amides is 1. The average Bonchev–Trinajstić information content (AvgIpc) is 2.63. The molecular formula is C19H34N4O4. The zero-order valence-electron chi connectivity index (χ0n) is 16.3. The van der Waals surface area contributed by atoms with Gasteiger partial charge in [-0.15, -0.1) is 0 Å². The molecule has 0 saturated heterocycles. The maximum absolute atomic E-state index is 12.0. The third kappa shape index (κ3) is 12.0. The number of aliphatic carboxylic acids is 1. The number of carboxylic acids is 1. The number of unbranched alkanes of at least 4 members (excludes halogenated alkanes) is 1. The number of carboxylic acid groups (broad SMARTS) is 1. The van der Waals surface area contributed by atoms with Crippen molar-refractivity contribution in [2.24, 2.45) is 11.5 Å². The minimum absolute atomic E-state index is 0.132. The number of hydrogen-bond donors (Lipinski definition) is 6. The highest BCUT2D eigenvalue weighted by Gasteiger charge is 2.22. The largest absolute Gasteiger partial charge is 0.508 e. The number of benzene rings is 1. The number of nitrogens with one attached hydrogen (secondary N) is 2. The van der Waals surface area contributed by atoms with Crippen LogP contribution in [0.25, 0.3) is 0 Å². The Hall–Kier alpha value is -2.16. The van der Waals surface area contributed by atoms with E-state index in [-0.39, 0.29) is 12.2 Å². The molecule has 0 bridgehead atoms. The summed E-state index contributed by atoms with van der Waals surface area (Å²) in [5.41, 5.74) is 12.0. The molecule has 8 N–H and O–H groups in total. The summed E-state index contributed by atoms with van der Waals surface area (Å²) in [6.07, 6.45) is 1.92. The van der Waals surface area contributed by atoms with Gasteiger partial charge >= 0.3 is 5.97 Å². The van der Waals surface area contributed by atoms with Gasteiger partial charge in [0.05, 0.1) is 6.04 Å². The maximum Gasteiger partial charge on any atom is 0.326 e. The maximum atomic E-state index is 12.0. The molecule has 0 aliphatic carbocycles. The first kappa shape index (κ1) is 24.8. The van der Waals surface area contributed by atoms with Gasteiger partial charge in [0.15, 0.2) is 0 Å². The summed E-state index contributed by atoms with van der Waals surface area (Å²) in [7, 11) is 0. The van der Waals surface area contributed by atoms with E-state index in [1.165, 1.54) is 12.1 Å². The van der Waals surface area contributed by atoms with Crippen LogP contribution in [0.2, 0.25) is 0 Å². The Kier molecular flexibility index (Phi) is 13.8. The van der Waals surface area contributed by atoms with Crippen molar-refractivity contribution in [3.63, 3.8) is 0 Å². The van der Waals surface area contributed by atoms with Crippen LogP contribution in [0, 0.1) is 0 Å². The molecule has 1 amide bonds. The molecule has 2 atom stereocenters. The molecule has 1 aromatic carbocycles. The second-order valence-electron chi connectivity index (χ2n) is 6.12. The SMILES string of the molecule is CCNCC.NCCCCC(NC(=O)C(N)Cc1ccc(O)cc1)C(=O)O. The molecule has 2 unspecified atom stereocenters. The number of rotatable bonds is 11. The van der Waals surface area contributed by atoms with Crippen LogP contribution in [-0.4, -0.2) is 53.8 Å². The highest BCUT2D eigenvalue weighted by molar-refractivity contribution is 5.86. The molecule has 8 nitrogen and oxygen atoms in total. The van der Waals surface area contributed by atoms with E-state index in [0.717, 1.165) is 18.7 Å². The minimum Gasteiger partial charge on any atom is -0.508 e. The van der Waals surface area contributed by atoms with Gasteiger partial charge in [0.2, 0.25) is 5.91 Å². The standard InChI is InChI=1S/C15H23N3O4.C4H11N/c16-8-2-1-3-13(15(21)22)18-14(20)12(17)9-10-4-6-11(19)7-5-10;1-3-5-4-2/h4-7,12-13,19H,1-3,8-9,16-17H2,(H,18,20)(H,21,22);5H,3-4H2,1-2H3. The Labute approximate surface area is 161 Å². The quantitative estimate of drug-likeness (QED) is 0.306. The number of nitrogens with two attached hydrogens (primary N) is 2. The van der Waals surface area contributed by atoms with Gasteiger partial charge in [-0.1, -0.05) is 26.0 Å². The van der Waals surface area contributed by atoms with Crippen molar-refractivity contribution in [3.05, 3.63) is 29.8 Å². The van der Waals surface area contributed by atoms with Crippen molar-refractivity contribution in [3.8, 4) is 5.75 Å². The van der Waals surface area contributed by atoms with Crippen LogP contribution in [0.5, 0.6) is 5.75 Å². The zero-order valence-corrected chi connectivity index (χ0v) is 16.3. The molecule has 8 heteroatoms. The molecule has 27 heavy (non-hydrogen) atoms. The van der Waals surface area contributed by atoms with E-state index in [4.69, 9.17) is 16.6 Å². The average molecular weight is 383 g/mol. The zero-order chi connectivity index (χ0) is 20.7. The third-order valence-corrected chi connectivity index (χ3v) is 3.79. The second kappa shape index (κ2) is 15.0. The Morgan fingerprint density at radius 2 is 1.70 bits per heavy atom. The number of phenols is 1. The van der Waals surface area contributed by atoms with Gasteiger partial charge in [0.25, 0.3) is 0 Å². The lowest BCUT2D eigenvalue weighted by molar-refractivity contribution is -0.142. The summed E-state index contributed by atoms with van der Waals surface area (Å²) in [5, 5.41) is 23.9. The fraction of sp³-hybridized carbons (Fsp3) is 0.579. The summed E-state index contributed by atoms with van der Waals surface area (Å²) in [5.74, 6) is -1.46. The van der Waals surface area contributed by atoms with Crippen molar-refractivity contribution >= 4 is 11.9 Å². The summed E-state index contributed by atoms with van der Waals surface area (Å²) < 4.78 is 0. The van der Waals surface area contributed by atoms with Crippen LogP contribution < -0.4 is 22.1 Å². The number of aromatic hydroxyl groups is 1. The van der Waals surface area contributed by atoms with Crippen molar-refractivity contribution in [1.82, 2.24) is 10.6 Å². The second-order valence-corrected chi connectivity index (χ2v) is 6.12. The lowest BCUT2D eigenvalue weighted by atomic mass is 10.0. The van der Waals surface area contributed by atoms with Crippen LogP contribution in [0.3, 0.4) is 0 Å². The van der Waals surface area contributed by atoms with E-state index in [1.807, 2.05) is 0 Å². The molecule has 0 fully saturated rings. The molecule has 0 heterocycles. The fourth-order valence-corrected chi connectivity index (χ4v) is 2.26. The number of carbonyl (C=O) groups is 2. The van der Waals surface area contributed by atoms with Crippen molar-refractivity contribution in [2.75, 3.05) is 19.6 Å². The van der Waals surface area contributed by atoms with E-state index in [9.17, 15) is 14.7 Å². The first-order valence-electron chi connectivity index (χ1n) is 9.33. The molecule has 0 aliphatic rings. The van der Waals surface area contributed by atoms with Gasteiger partial charge in [-0.25, -0.2) is 4.79 Å². The first-order chi connectivity index (χ1) is 12.8. The molecule has 154 valence electrons. The molecule has 0 aromatic heterocycles. The Morgan fingerprint density at radius 3 is 2.15 bits per heavy atom. The van der Waals surface area contributed by atoms with Crippen LogP contribution in [0.4, 0.5) is 0 Å². The highest BCUT2D eigenvalue weighted by Crippen LogP contribution is 2.11. The molecule has 0 saturated carbocycles. The Balaban J connectivity index is 0.00000119. The van der Waals surface area contributed by atoms with Crippen LogP contribution in [0.15, 0.2) is 24.3 Å². The highest BCUT2D eigenvalue weighted by atomic mass is 16.4. The van der Waals surface area contributed by atoms with Gasteiger partial charge < -0.3 is 32.3 Å². The lowest BCUT2D eigenvalue weighted by Gasteiger charge is -2.18. The van der Waals surface area contributed by atoms with Crippen LogP contribution in [-0.2, 0) is 16.0 Å². The summed E-state index contributed by atoms with van der Waals surface area (Å²) in [6.45, 7) is 6.88. The van der Waals surface area contributed by atoms with Gasteiger partial charge in [0.1, 0.15) is 11.8 Å². The number of hydrogen-bond acceptors (Lipinski definition) is 6. The third-order valence-electron chi connectivity index (χ3n) is 3.79. The molecule has 0 radical (unpaired) electrons. The van der Waals surface area contributed by atoms with Gasteiger partial charge in [-0.3, -0.25) is 4.79 Å². The normalized spacial score (nSPS) is 12.4. The van der Waals surface area contributed by atoms with E-state index in [1.54, 1.807) is 12.1 Å². The Bertz CT molecular complexity index is 535. The summed E-state index contributed by atoms with van der Waals surface area (Å²) in [6, 6.07) is 4.54. The molecule has 0 spiro atoms. The summed E-state index contributed by atoms with van der Waals surface area (Å²) in [4.78, 5) is 23.1. The van der Waals surface area contributed by atoms with Crippen molar-refractivity contribution in [1.29, 1.82) is 0 Å². The van der Waals surface area contributed by atoms with E-state index >= 15 is 0 Å². The van der Waals surface area contributed by atoms with Gasteiger partial charge in [0, 0.05) is 0 Å². The lowest BCUT2D eigenvalue weighted by Crippen LogP contribution is -2.49. The van der Waals surface area contributed by atoms with Gasteiger partial charge in [-0.2, -0.15) is 0 Å². The van der Waals surface area contributed by atoms with E-state index < -0.39 is 24.0 Å². The van der Waals surface area contributed by atoms with Crippen molar-refractivity contribution in [2.45, 2.75) is 51.6 Å². The topological polar surface area (TPSA) is 151 Å². The van der Waals surface area contributed by atoms with E-state index in [0.29, 0.717) is 25.8 Å². The molecule has 1 rings (SSSR count). The smallest absolute Gasteiger partial charge is 0.326 e. The van der Waals surface area contributed by atoms with Crippen molar-refractivity contribution < 1.29 is 19.8 Å². The monoisotopic (exact) mass is 382 g/mol. The fourth-order valence-electron chi connectivity index (χ4n) is 2.26. The minimum atomic E-state index is -1.08. The molecular weight excluding hydrogens is 348 g/mol.